The number of hydrogen-bond donors (Lipinski definition) is 0. The maximum Gasteiger partial charge on any atom is 0.0829 e. The van der Waals surface area contributed by atoms with Gasteiger partial charge in [0.1, 0.15) is 0 Å². The summed E-state index contributed by atoms with van der Waals surface area (Å²) in [6.07, 6.45) is 4.18. The highest BCUT2D eigenvalue weighted by molar-refractivity contribution is 6.30. The van der Waals surface area contributed by atoms with Crippen LogP contribution >= 0.6 is 11.6 Å². The lowest BCUT2D eigenvalue weighted by Crippen LogP contribution is -2.04. The quantitative estimate of drug-likeness (QED) is 0.718. The number of halogens is 1. The van der Waals surface area contributed by atoms with Crippen LogP contribution in [-0.4, -0.2) is 6.10 Å². The molecule has 0 amide bonds. The van der Waals surface area contributed by atoms with E-state index < -0.39 is 0 Å². The Hall–Kier alpha value is -0.530. The van der Waals surface area contributed by atoms with Crippen molar-refractivity contribution in [3.8, 4) is 0 Å². The van der Waals surface area contributed by atoms with Gasteiger partial charge in [-0.05, 0) is 37.0 Å². The van der Waals surface area contributed by atoms with Gasteiger partial charge in [0.05, 0.1) is 12.2 Å². The van der Waals surface area contributed by atoms with Crippen LogP contribution in [0.15, 0.2) is 24.3 Å². The fraction of sp³-hybridized carbons (Fsp3) is 0.500. The summed E-state index contributed by atoms with van der Waals surface area (Å²) in [6.45, 7) is 2.18. The third kappa shape index (κ3) is 2.10. The summed E-state index contributed by atoms with van der Waals surface area (Å²) in [6, 6.07) is 7.98. The molecule has 0 aliphatic carbocycles. The van der Waals surface area contributed by atoms with Gasteiger partial charge in [-0.3, -0.25) is 0 Å². The lowest BCUT2D eigenvalue weighted by molar-refractivity contribution is 0.0428. The minimum atomic E-state index is 0.289. The number of benzene rings is 1. The number of ether oxygens (including phenoxy) is 1. The Morgan fingerprint density at radius 1 is 1.29 bits per heavy atom. The summed E-state index contributed by atoms with van der Waals surface area (Å²) in [5.74, 6) is 0. The van der Waals surface area contributed by atoms with E-state index >= 15 is 0 Å². The lowest BCUT2D eigenvalue weighted by Gasteiger charge is -2.12. The first-order valence-electron chi connectivity index (χ1n) is 5.20. The van der Waals surface area contributed by atoms with Gasteiger partial charge in [-0.2, -0.15) is 0 Å². The van der Waals surface area contributed by atoms with Crippen molar-refractivity contribution in [2.24, 2.45) is 0 Å². The van der Waals surface area contributed by atoms with E-state index in [1.807, 2.05) is 12.1 Å². The molecule has 2 rings (SSSR count). The van der Waals surface area contributed by atoms with Gasteiger partial charge in [0.2, 0.25) is 0 Å². The molecule has 2 unspecified atom stereocenters. The van der Waals surface area contributed by atoms with Gasteiger partial charge in [0, 0.05) is 5.02 Å². The molecular formula is C12H15ClO. The van der Waals surface area contributed by atoms with Crippen molar-refractivity contribution in [2.75, 3.05) is 0 Å². The van der Waals surface area contributed by atoms with Crippen molar-refractivity contribution in [3.63, 3.8) is 0 Å². The smallest absolute Gasteiger partial charge is 0.0829 e. The van der Waals surface area contributed by atoms with Gasteiger partial charge >= 0.3 is 0 Å². The van der Waals surface area contributed by atoms with E-state index in [9.17, 15) is 0 Å². The molecule has 2 heteroatoms. The monoisotopic (exact) mass is 210 g/mol. The second kappa shape index (κ2) is 4.33. The van der Waals surface area contributed by atoms with Gasteiger partial charge in [0.15, 0.2) is 0 Å². The predicted octanol–water partition coefficient (Wildman–Crippen LogP) is 3.97. The van der Waals surface area contributed by atoms with Gasteiger partial charge in [0.25, 0.3) is 0 Å². The first kappa shape index (κ1) is 10.0. The predicted molar refractivity (Wildman–Crippen MR) is 58.6 cm³/mol. The Kier molecular flexibility index (Phi) is 3.09. The highest BCUT2D eigenvalue weighted by Gasteiger charge is 2.24. The summed E-state index contributed by atoms with van der Waals surface area (Å²) in [4.78, 5) is 0. The van der Waals surface area contributed by atoms with E-state index in [0.29, 0.717) is 6.10 Å². The van der Waals surface area contributed by atoms with Crippen molar-refractivity contribution in [1.29, 1.82) is 0 Å². The largest absolute Gasteiger partial charge is 0.370 e. The molecule has 0 N–H and O–H groups in total. The minimum Gasteiger partial charge on any atom is -0.370 e. The zero-order chi connectivity index (χ0) is 9.97. The zero-order valence-electron chi connectivity index (χ0n) is 8.37. The number of rotatable bonds is 2. The molecule has 76 valence electrons. The summed E-state index contributed by atoms with van der Waals surface area (Å²) in [5, 5.41) is 0.791. The molecule has 1 fully saturated rings. The van der Waals surface area contributed by atoms with E-state index in [-0.39, 0.29) is 6.10 Å². The Labute approximate surface area is 90.0 Å². The molecule has 14 heavy (non-hydrogen) atoms. The molecule has 1 heterocycles. The maximum absolute atomic E-state index is 5.89. The van der Waals surface area contributed by atoms with Crippen molar-refractivity contribution in [3.05, 3.63) is 34.9 Å². The van der Waals surface area contributed by atoms with E-state index in [0.717, 1.165) is 17.9 Å². The van der Waals surface area contributed by atoms with Crippen LogP contribution in [0.3, 0.4) is 0 Å². The standard InChI is InChI=1S/C12H15ClO/c1-2-11-7-8-12(14-11)9-3-5-10(13)6-4-9/h3-6,11-12H,2,7-8H2,1H3. The fourth-order valence-electron chi connectivity index (χ4n) is 1.93. The van der Waals surface area contributed by atoms with Crippen molar-refractivity contribution >= 4 is 11.6 Å². The van der Waals surface area contributed by atoms with Gasteiger partial charge < -0.3 is 4.74 Å². The van der Waals surface area contributed by atoms with Gasteiger partial charge in [-0.25, -0.2) is 0 Å². The molecule has 0 saturated carbocycles. The van der Waals surface area contributed by atoms with Crippen LogP contribution in [0.5, 0.6) is 0 Å². The molecular weight excluding hydrogens is 196 g/mol. The summed E-state index contributed by atoms with van der Waals surface area (Å²) in [5.41, 5.74) is 1.25. The average Bonchev–Trinajstić information content (AvgIpc) is 2.67. The Balaban J connectivity index is 2.06. The summed E-state index contributed by atoms with van der Waals surface area (Å²) in [7, 11) is 0. The second-order valence-electron chi connectivity index (χ2n) is 3.78. The molecule has 1 saturated heterocycles. The van der Waals surface area contributed by atoms with Crippen LogP contribution in [0.4, 0.5) is 0 Å². The van der Waals surface area contributed by atoms with Crippen molar-refractivity contribution < 1.29 is 4.74 Å². The molecule has 1 aromatic rings. The van der Waals surface area contributed by atoms with Crippen LogP contribution in [0.1, 0.15) is 37.9 Å². The molecule has 0 spiro atoms. The molecule has 1 aliphatic rings. The molecule has 2 atom stereocenters. The van der Waals surface area contributed by atoms with E-state index in [1.165, 1.54) is 12.0 Å². The third-order valence-corrected chi connectivity index (χ3v) is 3.06. The van der Waals surface area contributed by atoms with Crippen molar-refractivity contribution in [1.82, 2.24) is 0 Å². The zero-order valence-corrected chi connectivity index (χ0v) is 9.13. The third-order valence-electron chi connectivity index (χ3n) is 2.80. The lowest BCUT2D eigenvalue weighted by atomic mass is 10.1. The van der Waals surface area contributed by atoms with E-state index in [2.05, 4.69) is 19.1 Å². The topological polar surface area (TPSA) is 9.23 Å². The normalized spacial score (nSPS) is 26.7. The Bertz CT molecular complexity index is 294. The SMILES string of the molecule is CCC1CCC(c2ccc(Cl)cc2)O1. The van der Waals surface area contributed by atoms with Crippen LogP contribution in [0.2, 0.25) is 5.02 Å². The van der Waals surface area contributed by atoms with Gasteiger partial charge in [-0.15, -0.1) is 0 Å². The maximum atomic E-state index is 5.89. The van der Waals surface area contributed by atoms with Crippen LogP contribution in [0, 0.1) is 0 Å². The fourth-order valence-corrected chi connectivity index (χ4v) is 2.05. The van der Waals surface area contributed by atoms with Crippen molar-refractivity contribution in [2.45, 2.75) is 38.4 Å². The highest BCUT2D eigenvalue weighted by atomic mass is 35.5. The summed E-state index contributed by atoms with van der Waals surface area (Å²) < 4.78 is 5.89. The van der Waals surface area contributed by atoms with Gasteiger partial charge in [-0.1, -0.05) is 30.7 Å². The van der Waals surface area contributed by atoms with Crippen LogP contribution < -0.4 is 0 Å². The number of hydrogen-bond acceptors (Lipinski definition) is 1. The first-order chi connectivity index (χ1) is 6.79. The second-order valence-corrected chi connectivity index (χ2v) is 4.22. The van der Waals surface area contributed by atoms with Crippen LogP contribution in [0.25, 0.3) is 0 Å². The Morgan fingerprint density at radius 2 is 2.00 bits per heavy atom. The molecule has 0 bridgehead atoms. The molecule has 1 nitrogen and oxygen atoms in total. The molecule has 0 aromatic heterocycles. The Morgan fingerprint density at radius 3 is 2.57 bits per heavy atom. The first-order valence-corrected chi connectivity index (χ1v) is 5.58. The van der Waals surface area contributed by atoms with E-state index in [1.54, 1.807) is 0 Å². The minimum absolute atomic E-state index is 0.289. The van der Waals surface area contributed by atoms with Crippen LogP contribution in [-0.2, 0) is 4.74 Å². The molecule has 1 aromatic carbocycles. The summed E-state index contributed by atoms with van der Waals surface area (Å²) >= 11 is 5.83. The average molecular weight is 211 g/mol. The molecule has 1 aliphatic heterocycles. The molecule has 0 radical (unpaired) electrons. The highest BCUT2D eigenvalue weighted by Crippen LogP contribution is 2.34. The van der Waals surface area contributed by atoms with E-state index in [4.69, 9.17) is 16.3 Å².